The van der Waals surface area contributed by atoms with Crippen molar-refractivity contribution < 1.29 is 33.3 Å². The quantitative estimate of drug-likeness (QED) is 0.306. The highest BCUT2D eigenvalue weighted by atomic mass is 16.6. The first-order chi connectivity index (χ1) is 13.2. The number of Topliss-reactive ketones (excluding diaryl/α,β-unsaturated/α-hetero) is 1. The van der Waals surface area contributed by atoms with Crippen LogP contribution in [0.5, 0.6) is 11.5 Å². The van der Waals surface area contributed by atoms with E-state index >= 15 is 0 Å². The Morgan fingerprint density at radius 1 is 1.21 bits per heavy atom. The SMILES string of the molecule is C=C(C)C1Oc2cc(OC)c(C(C)=O)cc2C1OC(=O)C(=CC)COC(C)=O. The zero-order valence-corrected chi connectivity index (χ0v) is 16.7. The fraction of sp³-hybridized carbons (Fsp3) is 0.381. The van der Waals surface area contributed by atoms with Gasteiger partial charge in [0, 0.05) is 18.6 Å². The van der Waals surface area contributed by atoms with E-state index in [1.807, 2.05) is 0 Å². The first kappa shape index (κ1) is 21.2. The van der Waals surface area contributed by atoms with Gasteiger partial charge in [-0.05, 0) is 32.4 Å². The molecule has 0 fully saturated rings. The fourth-order valence-electron chi connectivity index (χ4n) is 2.82. The molecule has 1 aliphatic rings. The van der Waals surface area contributed by atoms with Gasteiger partial charge in [0.2, 0.25) is 0 Å². The van der Waals surface area contributed by atoms with Gasteiger partial charge in [0.1, 0.15) is 18.1 Å². The van der Waals surface area contributed by atoms with Crippen LogP contribution in [0.2, 0.25) is 0 Å². The van der Waals surface area contributed by atoms with E-state index < -0.39 is 24.1 Å². The molecular weight excluding hydrogens is 364 g/mol. The molecule has 2 atom stereocenters. The van der Waals surface area contributed by atoms with Gasteiger partial charge in [-0.2, -0.15) is 0 Å². The standard InChI is InChI=1S/C21H24O7/c1-7-14(10-26-13(5)23)21(24)28-20-16-8-15(12(4)22)17(25-6)9-18(16)27-19(20)11(2)3/h7-9,19-20H,2,10H2,1,3-6H3. The molecule has 150 valence electrons. The number of ketones is 1. The van der Waals surface area contributed by atoms with Gasteiger partial charge in [0.15, 0.2) is 18.0 Å². The molecule has 2 rings (SSSR count). The summed E-state index contributed by atoms with van der Waals surface area (Å²) >= 11 is 0. The number of carbonyl (C=O) groups is 3. The molecule has 2 unspecified atom stereocenters. The summed E-state index contributed by atoms with van der Waals surface area (Å²) in [6.07, 6.45) is 0.112. The lowest BCUT2D eigenvalue weighted by Gasteiger charge is -2.20. The molecule has 0 spiro atoms. The van der Waals surface area contributed by atoms with Crippen LogP contribution in [0.15, 0.2) is 35.9 Å². The van der Waals surface area contributed by atoms with E-state index in [4.69, 9.17) is 18.9 Å². The van der Waals surface area contributed by atoms with Crippen molar-refractivity contribution in [3.05, 3.63) is 47.1 Å². The van der Waals surface area contributed by atoms with Gasteiger partial charge in [-0.3, -0.25) is 9.59 Å². The predicted octanol–water partition coefficient (Wildman–Crippen LogP) is 3.33. The summed E-state index contributed by atoms with van der Waals surface area (Å²) < 4.78 is 21.7. The van der Waals surface area contributed by atoms with Crippen molar-refractivity contribution in [1.29, 1.82) is 0 Å². The third-order valence-corrected chi connectivity index (χ3v) is 4.31. The van der Waals surface area contributed by atoms with Gasteiger partial charge in [0.05, 0.1) is 18.2 Å². The van der Waals surface area contributed by atoms with Crippen LogP contribution >= 0.6 is 0 Å². The molecule has 0 aromatic heterocycles. The van der Waals surface area contributed by atoms with Crippen molar-refractivity contribution in [2.75, 3.05) is 13.7 Å². The molecule has 1 aliphatic heterocycles. The van der Waals surface area contributed by atoms with Crippen molar-refractivity contribution in [3.8, 4) is 11.5 Å². The highest BCUT2D eigenvalue weighted by Gasteiger charge is 2.39. The zero-order chi connectivity index (χ0) is 21.0. The van der Waals surface area contributed by atoms with E-state index in [2.05, 4.69) is 6.58 Å². The minimum absolute atomic E-state index is 0.187. The molecule has 0 N–H and O–H groups in total. The molecule has 1 aromatic carbocycles. The maximum atomic E-state index is 12.6. The molecule has 0 saturated heterocycles. The second-order valence-electron chi connectivity index (χ2n) is 6.45. The third-order valence-electron chi connectivity index (χ3n) is 4.31. The van der Waals surface area contributed by atoms with Gasteiger partial charge < -0.3 is 18.9 Å². The average molecular weight is 388 g/mol. The molecule has 7 heteroatoms. The number of rotatable bonds is 7. The van der Waals surface area contributed by atoms with Crippen LogP contribution in [0.25, 0.3) is 0 Å². The maximum Gasteiger partial charge on any atom is 0.337 e. The molecule has 0 aliphatic carbocycles. The average Bonchev–Trinajstić information content (AvgIpc) is 2.98. The van der Waals surface area contributed by atoms with Gasteiger partial charge in [-0.25, -0.2) is 4.79 Å². The van der Waals surface area contributed by atoms with Crippen LogP contribution in [-0.2, 0) is 19.1 Å². The third kappa shape index (κ3) is 4.42. The molecule has 0 saturated carbocycles. The lowest BCUT2D eigenvalue weighted by Crippen LogP contribution is -2.26. The van der Waals surface area contributed by atoms with Gasteiger partial charge in [-0.1, -0.05) is 12.7 Å². The maximum absolute atomic E-state index is 12.6. The normalized spacial score (nSPS) is 18.0. The molecular formula is C21H24O7. The fourth-order valence-corrected chi connectivity index (χ4v) is 2.82. The Balaban J connectivity index is 2.38. The Labute approximate surface area is 163 Å². The lowest BCUT2D eigenvalue weighted by molar-refractivity contribution is -0.148. The van der Waals surface area contributed by atoms with Crippen LogP contribution in [-0.4, -0.2) is 37.5 Å². The summed E-state index contributed by atoms with van der Waals surface area (Å²) in [4.78, 5) is 35.6. The monoisotopic (exact) mass is 388 g/mol. The van der Waals surface area contributed by atoms with Crippen molar-refractivity contribution in [2.24, 2.45) is 0 Å². The van der Waals surface area contributed by atoms with E-state index in [1.54, 1.807) is 26.0 Å². The van der Waals surface area contributed by atoms with E-state index in [0.717, 1.165) is 0 Å². The van der Waals surface area contributed by atoms with Gasteiger partial charge >= 0.3 is 11.9 Å². The number of hydrogen-bond acceptors (Lipinski definition) is 7. The predicted molar refractivity (Wildman–Crippen MR) is 101 cm³/mol. The second kappa shape index (κ2) is 8.73. The number of benzene rings is 1. The van der Waals surface area contributed by atoms with Crippen LogP contribution in [0.1, 0.15) is 49.7 Å². The molecule has 28 heavy (non-hydrogen) atoms. The van der Waals surface area contributed by atoms with E-state index in [9.17, 15) is 14.4 Å². The first-order valence-corrected chi connectivity index (χ1v) is 8.74. The topological polar surface area (TPSA) is 88.1 Å². The Hall–Kier alpha value is -3.09. The second-order valence-corrected chi connectivity index (χ2v) is 6.45. The number of fused-ring (bicyclic) bond motifs is 1. The molecule has 1 aromatic rings. The van der Waals surface area contributed by atoms with Crippen molar-refractivity contribution in [1.82, 2.24) is 0 Å². The van der Waals surface area contributed by atoms with Crippen molar-refractivity contribution >= 4 is 17.7 Å². The smallest absolute Gasteiger partial charge is 0.337 e. The summed E-state index contributed by atoms with van der Waals surface area (Å²) in [5.41, 5.74) is 1.76. The van der Waals surface area contributed by atoms with Crippen LogP contribution in [0, 0.1) is 0 Å². The Kier molecular flexibility index (Phi) is 6.62. The molecule has 1 heterocycles. The summed E-state index contributed by atoms with van der Waals surface area (Å²) in [6, 6.07) is 3.21. The number of carbonyl (C=O) groups excluding carboxylic acids is 3. The largest absolute Gasteiger partial charge is 0.496 e. The summed E-state index contributed by atoms with van der Waals surface area (Å²) in [6.45, 7) is 9.80. The number of allylic oxidation sites excluding steroid dienone is 1. The Morgan fingerprint density at radius 2 is 1.89 bits per heavy atom. The molecule has 7 nitrogen and oxygen atoms in total. The van der Waals surface area contributed by atoms with Gasteiger partial charge in [0.25, 0.3) is 0 Å². The number of esters is 2. The summed E-state index contributed by atoms with van der Waals surface area (Å²) in [5.74, 6) is -0.499. The van der Waals surface area contributed by atoms with Crippen molar-refractivity contribution in [3.63, 3.8) is 0 Å². The first-order valence-electron chi connectivity index (χ1n) is 8.74. The van der Waals surface area contributed by atoms with E-state index in [1.165, 1.54) is 27.0 Å². The van der Waals surface area contributed by atoms with E-state index in [0.29, 0.717) is 28.2 Å². The number of ether oxygens (including phenoxy) is 4. The van der Waals surface area contributed by atoms with Crippen LogP contribution < -0.4 is 9.47 Å². The number of hydrogen-bond donors (Lipinski definition) is 0. The molecule has 0 bridgehead atoms. The minimum Gasteiger partial charge on any atom is -0.496 e. The van der Waals surface area contributed by atoms with Crippen LogP contribution in [0.4, 0.5) is 0 Å². The van der Waals surface area contributed by atoms with Crippen molar-refractivity contribution in [2.45, 2.75) is 39.9 Å². The van der Waals surface area contributed by atoms with Gasteiger partial charge in [-0.15, -0.1) is 0 Å². The van der Waals surface area contributed by atoms with Crippen LogP contribution in [0.3, 0.4) is 0 Å². The number of methoxy groups -OCH3 is 1. The zero-order valence-electron chi connectivity index (χ0n) is 16.7. The Bertz CT molecular complexity index is 851. The Morgan fingerprint density at radius 3 is 2.39 bits per heavy atom. The minimum atomic E-state index is -0.795. The molecule has 0 radical (unpaired) electrons. The molecule has 0 amide bonds. The highest BCUT2D eigenvalue weighted by Crippen LogP contribution is 2.44. The summed E-state index contributed by atoms with van der Waals surface area (Å²) in [7, 11) is 1.46. The highest BCUT2D eigenvalue weighted by molar-refractivity contribution is 5.97. The summed E-state index contributed by atoms with van der Waals surface area (Å²) in [5, 5.41) is 0. The lowest BCUT2D eigenvalue weighted by atomic mass is 9.98. The van der Waals surface area contributed by atoms with E-state index in [-0.39, 0.29) is 18.0 Å².